The number of anilines is 2. The summed E-state index contributed by atoms with van der Waals surface area (Å²) >= 11 is 3.42. The van der Waals surface area contributed by atoms with Gasteiger partial charge in [0.1, 0.15) is 0 Å². The highest BCUT2D eigenvalue weighted by Gasteiger charge is 2.20. The van der Waals surface area contributed by atoms with Gasteiger partial charge in [0.2, 0.25) is 0 Å². The molecule has 0 aliphatic carbocycles. The minimum atomic E-state index is -0.319. The summed E-state index contributed by atoms with van der Waals surface area (Å²) in [7, 11) is 0. The fourth-order valence-corrected chi connectivity index (χ4v) is 2.80. The van der Waals surface area contributed by atoms with Crippen molar-refractivity contribution in [1.29, 1.82) is 0 Å². The molecule has 118 valence electrons. The van der Waals surface area contributed by atoms with Crippen molar-refractivity contribution in [2.24, 2.45) is 0 Å². The number of H-pyrrole nitrogens is 1. The smallest absolute Gasteiger partial charge is 0.320 e. The number of carbonyl (C=O) groups excluding carboxylic acids is 1. The van der Waals surface area contributed by atoms with Crippen LogP contribution in [-0.2, 0) is 0 Å². The first kappa shape index (κ1) is 14.6. The molecule has 0 aliphatic heterocycles. The van der Waals surface area contributed by atoms with Crippen molar-refractivity contribution in [2.75, 3.05) is 5.32 Å². The van der Waals surface area contributed by atoms with Gasteiger partial charge in [0.15, 0.2) is 0 Å². The van der Waals surface area contributed by atoms with Gasteiger partial charge < -0.3 is 14.7 Å². The van der Waals surface area contributed by atoms with Crippen LogP contribution in [-0.4, -0.2) is 21.0 Å². The molecule has 0 fully saturated rings. The second-order valence-corrected chi connectivity index (χ2v) is 5.95. The van der Waals surface area contributed by atoms with Gasteiger partial charge in [-0.2, -0.15) is 0 Å². The molecule has 0 spiro atoms. The maximum atomic E-state index is 12.6. The van der Waals surface area contributed by atoms with E-state index in [1.165, 1.54) is 0 Å². The van der Waals surface area contributed by atoms with E-state index >= 15 is 0 Å². The van der Waals surface area contributed by atoms with Gasteiger partial charge in [-0.1, -0.05) is 35.4 Å². The van der Waals surface area contributed by atoms with E-state index in [9.17, 15) is 4.79 Å². The van der Waals surface area contributed by atoms with E-state index in [1.807, 2.05) is 48.5 Å². The number of nitrogens with one attached hydrogen (secondary N) is 2. The van der Waals surface area contributed by atoms with Crippen LogP contribution in [0.15, 0.2) is 63.6 Å². The summed E-state index contributed by atoms with van der Waals surface area (Å²) in [6.07, 6.45) is 1.65. The van der Waals surface area contributed by atoms with E-state index in [4.69, 9.17) is 4.42 Å². The quantitative estimate of drug-likeness (QED) is 0.514. The maximum Gasteiger partial charge on any atom is 0.320 e. The van der Waals surface area contributed by atoms with Gasteiger partial charge in [-0.05, 0) is 34.1 Å². The second-order valence-electron chi connectivity index (χ2n) is 5.09. The Labute approximate surface area is 145 Å². The van der Waals surface area contributed by atoms with Crippen LogP contribution in [0.25, 0.3) is 10.9 Å². The van der Waals surface area contributed by atoms with Crippen LogP contribution in [0.2, 0.25) is 0 Å². The summed E-state index contributed by atoms with van der Waals surface area (Å²) in [6.45, 7) is 0. The standard InChI is InChI=1S/C17H11BrN4O2/c18-12-6-2-4-8-14(12)20-17-22-21-16(24-17)15(23)11-9-19-13-7-3-1-5-10(11)13/h1-9,19H,(H,20,22). The first-order valence-corrected chi connectivity index (χ1v) is 7.97. The lowest BCUT2D eigenvalue weighted by Crippen LogP contribution is -2.00. The van der Waals surface area contributed by atoms with E-state index in [0.29, 0.717) is 5.56 Å². The molecule has 2 aromatic carbocycles. The Morgan fingerprint density at radius 1 is 1.08 bits per heavy atom. The fraction of sp³-hybridized carbons (Fsp3) is 0. The monoisotopic (exact) mass is 382 g/mol. The summed E-state index contributed by atoms with van der Waals surface area (Å²) < 4.78 is 6.31. The minimum absolute atomic E-state index is 0.0608. The molecule has 2 heterocycles. The van der Waals surface area contributed by atoms with Gasteiger partial charge in [0.25, 0.3) is 11.7 Å². The van der Waals surface area contributed by atoms with Gasteiger partial charge in [-0.3, -0.25) is 4.79 Å². The molecule has 0 saturated heterocycles. The highest BCUT2D eigenvalue weighted by molar-refractivity contribution is 9.10. The Morgan fingerprint density at radius 2 is 1.88 bits per heavy atom. The first-order valence-electron chi connectivity index (χ1n) is 7.18. The van der Waals surface area contributed by atoms with E-state index in [2.05, 4.69) is 36.4 Å². The summed E-state index contributed by atoms with van der Waals surface area (Å²) in [5.41, 5.74) is 2.15. The van der Waals surface area contributed by atoms with E-state index < -0.39 is 0 Å². The van der Waals surface area contributed by atoms with Gasteiger partial charge in [0.05, 0.1) is 11.3 Å². The predicted molar refractivity (Wildman–Crippen MR) is 93.5 cm³/mol. The van der Waals surface area contributed by atoms with Gasteiger partial charge in [-0.25, -0.2) is 0 Å². The van der Waals surface area contributed by atoms with Crippen LogP contribution in [0, 0.1) is 0 Å². The third-order valence-corrected chi connectivity index (χ3v) is 4.26. The summed E-state index contributed by atoms with van der Waals surface area (Å²) in [5, 5.41) is 11.5. The Balaban J connectivity index is 1.63. The number of nitrogens with zero attached hydrogens (tertiary/aromatic N) is 2. The van der Waals surface area contributed by atoms with Crippen LogP contribution < -0.4 is 5.32 Å². The Morgan fingerprint density at radius 3 is 2.75 bits per heavy atom. The lowest BCUT2D eigenvalue weighted by Gasteiger charge is -2.02. The molecule has 0 unspecified atom stereocenters. The number of hydrogen-bond donors (Lipinski definition) is 2. The van der Waals surface area contributed by atoms with Gasteiger partial charge >= 0.3 is 6.01 Å². The highest BCUT2D eigenvalue weighted by Crippen LogP contribution is 2.25. The first-order chi connectivity index (χ1) is 11.7. The molecule has 7 heteroatoms. The average Bonchev–Trinajstić information content (AvgIpc) is 3.23. The van der Waals surface area contributed by atoms with Crippen LogP contribution in [0.5, 0.6) is 0 Å². The molecule has 6 nitrogen and oxygen atoms in total. The van der Waals surface area contributed by atoms with Crippen molar-refractivity contribution in [3.63, 3.8) is 0 Å². The van der Waals surface area contributed by atoms with Crippen molar-refractivity contribution < 1.29 is 9.21 Å². The minimum Gasteiger partial charge on any atom is -0.400 e. The second kappa shape index (κ2) is 5.93. The molecular weight excluding hydrogens is 372 g/mol. The van der Waals surface area contributed by atoms with E-state index in [-0.39, 0.29) is 17.7 Å². The number of aromatic amines is 1. The van der Waals surface area contributed by atoms with Crippen molar-refractivity contribution in [3.05, 3.63) is 70.7 Å². The molecule has 4 aromatic rings. The molecule has 0 aliphatic rings. The Kier molecular flexibility index (Phi) is 3.62. The van der Waals surface area contributed by atoms with Gasteiger partial charge in [-0.15, -0.1) is 5.10 Å². The number of halogens is 1. The topological polar surface area (TPSA) is 83.8 Å². The van der Waals surface area contributed by atoms with Crippen LogP contribution in [0.4, 0.5) is 11.7 Å². The SMILES string of the molecule is O=C(c1nnc(Nc2ccccc2Br)o1)c1c[nH]c2ccccc12. The Bertz CT molecular complexity index is 1040. The molecule has 0 amide bonds. The number of carbonyl (C=O) groups is 1. The molecule has 4 rings (SSSR count). The third-order valence-electron chi connectivity index (χ3n) is 3.57. The normalized spacial score (nSPS) is 10.9. The molecule has 0 saturated carbocycles. The molecule has 0 radical (unpaired) electrons. The number of aromatic nitrogens is 3. The third kappa shape index (κ3) is 2.59. The zero-order chi connectivity index (χ0) is 16.5. The van der Waals surface area contributed by atoms with Crippen molar-refractivity contribution in [1.82, 2.24) is 15.2 Å². The van der Waals surface area contributed by atoms with E-state index in [1.54, 1.807) is 6.20 Å². The lowest BCUT2D eigenvalue weighted by atomic mass is 10.1. The Hall–Kier alpha value is -2.93. The molecule has 0 atom stereocenters. The zero-order valence-corrected chi connectivity index (χ0v) is 13.9. The fourth-order valence-electron chi connectivity index (χ4n) is 2.42. The molecule has 24 heavy (non-hydrogen) atoms. The summed E-state index contributed by atoms with van der Waals surface area (Å²) in [5.74, 6) is -0.380. The molecular formula is C17H11BrN4O2. The number of para-hydroxylation sites is 2. The largest absolute Gasteiger partial charge is 0.400 e. The zero-order valence-electron chi connectivity index (χ0n) is 12.3. The number of benzene rings is 2. The highest BCUT2D eigenvalue weighted by atomic mass is 79.9. The summed E-state index contributed by atoms with van der Waals surface area (Å²) in [6, 6.07) is 15.2. The number of rotatable bonds is 4. The van der Waals surface area contributed by atoms with Crippen molar-refractivity contribution in [3.8, 4) is 0 Å². The van der Waals surface area contributed by atoms with Gasteiger partial charge in [0, 0.05) is 21.6 Å². The predicted octanol–water partition coefficient (Wildman–Crippen LogP) is 4.29. The van der Waals surface area contributed by atoms with Crippen molar-refractivity contribution in [2.45, 2.75) is 0 Å². The van der Waals surface area contributed by atoms with Crippen LogP contribution in [0.3, 0.4) is 0 Å². The maximum absolute atomic E-state index is 12.6. The van der Waals surface area contributed by atoms with Crippen LogP contribution in [0.1, 0.15) is 16.2 Å². The number of ketones is 1. The lowest BCUT2D eigenvalue weighted by molar-refractivity contribution is 0.100. The number of fused-ring (bicyclic) bond motifs is 1. The van der Waals surface area contributed by atoms with Crippen molar-refractivity contribution >= 4 is 44.3 Å². The molecule has 2 N–H and O–H groups in total. The average molecular weight is 383 g/mol. The van der Waals surface area contributed by atoms with E-state index in [0.717, 1.165) is 21.1 Å². The number of hydrogen-bond acceptors (Lipinski definition) is 5. The molecule has 0 bridgehead atoms. The molecule has 2 aromatic heterocycles. The van der Waals surface area contributed by atoms with Crippen LogP contribution >= 0.6 is 15.9 Å². The summed E-state index contributed by atoms with van der Waals surface area (Å²) in [4.78, 5) is 15.7.